The van der Waals surface area contributed by atoms with Gasteiger partial charge in [-0.1, -0.05) is 36.4 Å². The molecule has 1 atom stereocenters. The Labute approximate surface area is 190 Å². The van der Waals surface area contributed by atoms with Crippen LogP contribution in [0.1, 0.15) is 28.2 Å². The van der Waals surface area contributed by atoms with E-state index in [4.69, 9.17) is 19.9 Å². The Morgan fingerprint density at radius 3 is 2.55 bits per heavy atom. The SMILES string of the molecule is Cc1cccc(C)c1OCC(=O)Oc1ccc2c(c1)OC(N)=C(C#N)C2c1cccc(F)c1. The second kappa shape index (κ2) is 9.05. The fourth-order valence-electron chi connectivity index (χ4n) is 3.85. The van der Waals surface area contributed by atoms with Gasteiger partial charge in [-0.15, -0.1) is 0 Å². The summed E-state index contributed by atoms with van der Waals surface area (Å²) in [6, 6.07) is 18.5. The summed E-state index contributed by atoms with van der Waals surface area (Å²) >= 11 is 0. The summed E-state index contributed by atoms with van der Waals surface area (Å²) in [5, 5.41) is 9.61. The number of rotatable bonds is 5. The molecule has 1 unspecified atom stereocenters. The zero-order valence-corrected chi connectivity index (χ0v) is 18.1. The highest BCUT2D eigenvalue weighted by Gasteiger charge is 2.31. The van der Waals surface area contributed by atoms with E-state index < -0.39 is 17.7 Å². The number of nitrogens with two attached hydrogens (primary N) is 1. The van der Waals surface area contributed by atoms with E-state index in [0.29, 0.717) is 22.6 Å². The van der Waals surface area contributed by atoms with E-state index >= 15 is 0 Å². The van der Waals surface area contributed by atoms with E-state index in [0.717, 1.165) is 11.1 Å². The number of aryl methyl sites for hydroxylation is 2. The van der Waals surface area contributed by atoms with Gasteiger partial charge in [0.15, 0.2) is 6.61 Å². The molecule has 0 saturated carbocycles. The molecule has 3 aromatic rings. The third-order valence-corrected chi connectivity index (χ3v) is 5.35. The first-order valence-corrected chi connectivity index (χ1v) is 10.2. The number of nitrogens with zero attached hydrogens (tertiary/aromatic N) is 1. The van der Waals surface area contributed by atoms with Crippen molar-refractivity contribution in [3.05, 3.63) is 100 Å². The Balaban J connectivity index is 1.56. The highest BCUT2D eigenvalue weighted by Crippen LogP contribution is 2.43. The molecule has 1 aliphatic rings. The summed E-state index contributed by atoms with van der Waals surface area (Å²) in [7, 11) is 0. The molecule has 0 saturated heterocycles. The lowest BCUT2D eigenvalue weighted by atomic mass is 9.83. The number of ether oxygens (including phenoxy) is 3. The molecule has 0 fully saturated rings. The number of esters is 1. The predicted octanol–water partition coefficient (Wildman–Crippen LogP) is 4.65. The second-order valence-corrected chi connectivity index (χ2v) is 7.66. The zero-order valence-electron chi connectivity index (χ0n) is 18.1. The van der Waals surface area contributed by atoms with Crippen LogP contribution in [-0.2, 0) is 4.79 Å². The highest BCUT2D eigenvalue weighted by molar-refractivity contribution is 5.74. The summed E-state index contributed by atoms with van der Waals surface area (Å²) in [6.07, 6.45) is 0. The van der Waals surface area contributed by atoms with Gasteiger partial charge in [0.2, 0.25) is 5.88 Å². The molecule has 1 aliphatic heterocycles. The molecule has 33 heavy (non-hydrogen) atoms. The number of hydrogen-bond donors (Lipinski definition) is 1. The largest absolute Gasteiger partial charge is 0.481 e. The van der Waals surface area contributed by atoms with Crippen LogP contribution in [0.3, 0.4) is 0 Å². The van der Waals surface area contributed by atoms with Crippen LogP contribution in [0.15, 0.2) is 72.1 Å². The number of halogens is 1. The molecule has 0 spiro atoms. The molecule has 2 N–H and O–H groups in total. The number of fused-ring (bicyclic) bond motifs is 1. The molecular formula is C26H21FN2O4. The van der Waals surface area contributed by atoms with Gasteiger partial charge >= 0.3 is 5.97 Å². The van der Waals surface area contributed by atoms with Gasteiger partial charge in [0, 0.05) is 11.6 Å². The van der Waals surface area contributed by atoms with Crippen LogP contribution < -0.4 is 19.9 Å². The first-order valence-electron chi connectivity index (χ1n) is 10.2. The number of carbonyl (C=O) groups excluding carboxylic acids is 1. The van der Waals surface area contributed by atoms with Crippen molar-refractivity contribution in [3.63, 3.8) is 0 Å². The minimum atomic E-state index is -0.605. The van der Waals surface area contributed by atoms with Gasteiger partial charge in [0.05, 0.1) is 5.92 Å². The quantitative estimate of drug-likeness (QED) is 0.455. The van der Waals surface area contributed by atoms with Gasteiger partial charge in [-0.05, 0) is 48.7 Å². The van der Waals surface area contributed by atoms with Gasteiger partial charge < -0.3 is 19.9 Å². The maximum Gasteiger partial charge on any atom is 0.349 e. The van der Waals surface area contributed by atoms with E-state index in [-0.39, 0.29) is 23.8 Å². The average Bonchev–Trinajstić information content (AvgIpc) is 2.77. The maximum absolute atomic E-state index is 13.8. The van der Waals surface area contributed by atoms with Crippen LogP contribution in [0, 0.1) is 31.0 Å². The summed E-state index contributed by atoms with van der Waals surface area (Å²) in [4.78, 5) is 12.4. The van der Waals surface area contributed by atoms with Crippen molar-refractivity contribution in [1.82, 2.24) is 0 Å². The molecule has 0 amide bonds. The van der Waals surface area contributed by atoms with Gasteiger partial charge in [0.1, 0.15) is 34.7 Å². The number of carbonyl (C=O) groups is 1. The van der Waals surface area contributed by atoms with Crippen molar-refractivity contribution >= 4 is 5.97 Å². The lowest BCUT2D eigenvalue weighted by Crippen LogP contribution is -2.22. The summed E-state index contributed by atoms with van der Waals surface area (Å²) in [6.45, 7) is 3.53. The number of para-hydroxylation sites is 1. The number of nitriles is 1. The Kier molecular flexibility index (Phi) is 6.01. The lowest BCUT2D eigenvalue weighted by Gasteiger charge is -2.26. The van der Waals surface area contributed by atoms with Crippen molar-refractivity contribution in [2.75, 3.05) is 6.61 Å². The minimum Gasteiger partial charge on any atom is -0.481 e. The van der Waals surface area contributed by atoms with Crippen LogP contribution >= 0.6 is 0 Å². The van der Waals surface area contributed by atoms with Crippen LogP contribution in [-0.4, -0.2) is 12.6 Å². The van der Waals surface area contributed by atoms with Crippen LogP contribution in [0.2, 0.25) is 0 Å². The Bertz CT molecular complexity index is 1290. The molecule has 0 aromatic heterocycles. The molecule has 6 nitrogen and oxygen atoms in total. The van der Waals surface area contributed by atoms with Crippen LogP contribution in [0.25, 0.3) is 0 Å². The van der Waals surface area contributed by atoms with Crippen molar-refractivity contribution in [2.45, 2.75) is 19.8 Å². The van der Waals surface area contributed by atoms with Gasteiger partial charge in [-0.3, -0.25) is 0 Å². The van der Waals surface area contributed by atoms with Gasteiger partial charge in [-0.25, -0.2) is 9.18 Å². The number of hydrogen-bond acceptors (Lipinski definition) is 6. The Morgan fingerprint density at radius 2 is 1.85 bits per heavy atom. The topological polar surface area (TPSA) is 94.6 Å². The Morgan fingerprint density at radius 1 is 1.12 bits per heavy atom. The van der Waals surface area contributed by atoms with Crippen LogP contribution in [0.4, 0.5) is 4.39 Å². The minimum absolute atomic E-state index is 0.0823. The highest BCUT2D eigenvalue weighted by atomic mass is 19.1. The summed E-state index contributed by atoms with van der Waals surface area (Å²) < 4.78 is 30.5. The van der Waals surface area contributed by atoms with E-state index in [9.17, 15) is 14.4 Å². The molecule has 0 bridgehead atoms. The van der Waals surface area contributed by atoms with E-state index in [1.54, 1.807) is 24.3 Å². The summed E-state index contributed by atoms with van der Waals surface area (Å²) in [5.74, 6) is -0.505. The summed E-state index contributed by atoms with van der Waals surface area (Å²) in [5.41, 5.74) is 9.17. The van der Waals surface area contributed by atoms with E-state index in [1.807, 2.05) is 32.0 Å². The standard InChI is InChI=1S/C26H21FN2O4/c1-15-5-3-6-16(2)25(15)31-14-23(30)32-19-9-10-20-22(12-19)33-26(29)21(13-28)24(20)17-7-4-8-18(27)11-17/h3-12,24H,14,29H2,1-2H3. The van der Waals surface area contributed by atoms with Gasteiger partial charge in [0.25, 0.3) is 0 Å². The number of allylic oxidation sites excluding steroid dienone is 1. The monoisotopic (exact) mass is 444 g/mol. The zero-order chi connectivity index (χ0) is 23.5. The normalized spacial score (nSPS) is 14.7. The van der Waals surface area contributed by atoms with Crippen molar-refractivity contribution in [1.29, 1.82) is 5.26 Å². The van der Waals surface area contributed by atoms with Crippen LogP contribution in [0.5, 0.6) is 17.2 Å². The van der Waals surface area contributed by atoms with Crippen molar-refractivity contribution < 1.29 is 23.4 Å². The smallest absolute Gasteiger partial charge is 0.349 e. The van der Waals surface area contributed by atoms with E-state index in [1.165, 1.54) is 18.2 Å². The molecule has 0 radical (unpaired) electrons. The third-order valence-electron chi connectivity index (χ3n) is 5.35. The Hall–Kier alpha value is -4.31. The fourth-order valence-corrected chi connectivity index (χ4v) is 3.85. The predicted molar refractivity (Wildman–Crippen MR) is 119 cm³/mol. The molecule has 1 heterocycles. The van der Waals surface area contributed by atoms with Crippen molar-refractivity contribution in [2.24, 2.45) is 5.73 Å². The molecule has 3 aromatic carbocycles. The lowest BCUT2D eigenvalue weighted by molar-refractivity contribution is -0.136. The molecule has 0 aliphatic carbocycles. The second-order valence-electron chi connectivity index (χ2n) is 7.66. The first kappa shape index (κ1) is 21.9. The molecular weight excluding hydrogens is 423 g/mol. The fraction of sp³-hybridized carbons (Fsp3) is 0.154. The van der Waals surface area contributed by atoms with Gasteiger partial charge in [-0.2, -0.15) is 5.26 Å². The van der Waals surface area contributed by atoms with E-state index in [2.05, 4.69) is 6.07 Å². The molecule has 7 heteroatoms. The average molecular weight is 444 g/mol. The maximum atomic E-state index is 13.8. The number of benzene rings is 3. The third kappa shape index (κ3) is 4.51. The first-order chi connectivity index (χ1) is 15.9. The van der Waals surface area contributed by atoms with Crippen molar-refractivity contribution in [3.8, 4) is 23.3 Å². The molecule has 4 rings (SSSR count). The molecule has 166 valence electrons.